The maximum absolute atomic E-state index is 12.9. The van der Waals surface area contributed by atoms with Gasteiger partial charge in [-0.2, -0.15) is 0 Å². The second-order valence-electron chi connectivity index (χ2n) is 8.44. The lowest BCUT2D eigenvalue weighted by molar-refractivity contribution is -0.132. The molecule has 5 heteroatoms. The summed E-state index contributed by atoms with van der Waals surface area (Å²) in [6.45, 7) is 4.09. The molecule has 1 aliphatic heterocycles. The Morgan fingerprint density at radius 2 is 1.83 bits per heavy atom. The van der Waals surface area contributed by atoms with Crippen molar-refractivity contribution in [1.29, 1.82) is 0 Å². The van der Waals surface area contributed by atoms with Crippen LogP contribution in [-0.2, 0) is 16.0 Å². The Hall–Kier alpha value is -2.82. The number of aryl methyl sites for hydroxylation is 1. The van der Waals surface area contributed by atoms with Gasteiger partial charge in [0.05, 0.1) is 13.2 Å². The molecule has 2 aromatic rings. The first-order valence-corrected chi connectivity index (χ1v) is 10.6. The number of rotatable bonds is 8. The summed E-state index contributed by atoms with van der Waals surface area (Å²) in [5.74, 6) is 0.965. The SMILES string of the molecule is COc1ccc([C@@H](C)N(C)C(=O)CC[C@]2(Cc3ccc(C)cc3)CCC(=O)N2)cc1. The topological polar surface area (TPSA) is 58.6 Å². The summed E-state index contributed by atoms with van der Waals surface area (Å²) in [5.41, 5.74) is 3.13. The van der Waals surface area contributed by atoms with Gasteiger partial charge in [-0.1, -0.05) is 42.0 Å². The first kappa shape index (κ1) is 21.9. The molecule has 1 N–H and O–H groups in total. The number of carbonyl (C=O) groups excluding carboxylic acids is 2. The molecule has 0 saturated carbocycles. The Morgan fingerprint density at radius 3 is 2.40 bits per heavy atom. The highest BCUT2D eigenvalue weighted by atomic mass is 16.5. The van der Waals surface area contributed by atoms with E-state index in [9.17, 15) is 9.59 Å². The molecule has 0 bridgehead atoms. The molecule has 1 fully saturated rings. The van der Waals surface area contributed by atoms with Crippen molar-refractivity contribution in [2.45, 2.75) is 57.5 Å². The fourth-order valence-corrected chi connectivity index (χ4v) is 4.12. The van der Waals surface area contributed by atoms with E-state index in [4.69, 9.17) is 4.74 Å². The lowest BCUT2D eigenvalue weighted by Gasteiger charge is -2.31. The fraction of sp³-hybridized carbons (Fsp3) is 0.440. The Balaban J connectivity index is 1.64. The van der Waals surface area contributed by atoms with Crippen LogP contribution in [0.25, 0.3) is 0 Å². The second-order valence-corrected chi connectivity index (χ2v) is 8.44. The molecule has 2 amide bonds. The van der Waals surface area contributed by atoms with Gasteiger partial charge in [0.2, 0.25) is 11.8 Å². The summed E-state index contributed by atoms with van der Waals surface area (Å²) in [5, 5.41) is 3.17. The van der Waals surface area contributed by atoms with Crippen molar-refractivity contribution in [3.05, 3.63) is 65.2 Å². The summed E-state index contributed by atoms with van der Waals surface area (Å²) in [6.07, 6.45) is 3.10. The first-order chi connectivity index (χ1) is 14.3. The van der Waals surface area contributed by atoms with Crippen molar-refractivity contribution in [1.82, 2.24) is 10.2 Å². The van der Waals surface area contributed by atoms with Gasteiger partial charge in [-0.25, -0.2) is 0 Å². The molecule has 3 rings (SSSR count). The molecule has 0 aliphatic carbocycles. The zero-order valence-corrected chi connectivity index (χ0v) is 18.4. The van der Waals surface area contributed by atoms with Crippen LogP contribution >= 0.6 is 0 Å². The molecular weight excluding hydrogens is 376 g/mol. The number of nitrogens with zero attached hydrogens (tertiary/aromatic N) is 1. The van der Waals surface area contributed by atoms with Gasteiger partial charge in [0.25, 0.3) is 0 Å². The lowest BCUT2D eigenvalue weighted by Crippen LogP contribution is -2.44. The van der Waals surface area contributed by atoms with Crippen molar-refractivity contribution in [2.75, 3.05) is 14.2 Å². The molecule has 0 aromatic heterocycles. The highest BCUT2D eigenvalue weighted by Gasteiger charge is 2.38. The van der Waals surface area contributed by atoms with Gasteiger partial charge in [-0.05, 0) is 56.4 Å². The van der Waals surface area contributed by atoms with Crippen LogP contribution in [0, 0.1) is 6.92 Å². The predicted molar refractivity (Wildman–Crippen MR) is 118 cm³/mol. The molecule has 2 atom stereocenters. The summed E-state index contributed by atoms with van der Waals surface area (Å²) in [4.78, 5) is 26.7. The molecule has 1 saturated heterocycles. The van der Waals surface area contributed by atoms with Gasteiger partial charge in [0.15, 0.2) is 0 Å². The standard InChI is InChI=1S/C25H32N2O3/c1-18-5-7-20(8-6-18)17-25(15-13-23(28)26-25)16-14-24(29)27(3)19(2)21-9-11-22(30-4)12-10-21/h5-12,19H,13-17H2,1-4H3,(H,26,28)/t19-,25+/m1/s1. The van der Waals surface area contributed by atoms with Crippen molar-refractivity contribution < 1.29 is 14.3 Å². The van der Waals surface area contributed by atoms with Crippen molar-refractivity contribution in [3.8, 4) is 5.75 Å². The van der Waals surface area contributed by atoms with Gasteiger partial charge in [0.1, 0.15) is 5.75 Å². The molecule has 160 valence electrons. The van der Waals surface area contributed by atoms with Crippen LogP contribution in [0.15, 0.2) is 48.5 Å². The highest BCUT2D eigenvalue weighted by Crippen LogP contribution is 2.31. The molecule has 0 unspecified atom stereocenters. The molecular formula is C25H32N2O3. The normalized spacial score (nSPS) is 19.3. The fourth-order valence-electron chi connectivity index (χ4n) is 4.12. The molecule has 0 spiro atoms. The lowest BCUT2D eigenvalue weighted by atomic mass is 9.84. The van der Waals surface area contributed by atoms with Gasteiger partial charge in [-0.15, -0.1) is 0 Å². The minimum absolute atomic E-state index is 0.0328. The minimum atomic E-state index is -0.341. The Bertz CT molecular complexity index is 876. The number of nitrogens with one attached hydrogen (secondary N) is 1. The van der Waals surface area contributed by atoms with E-state index in [1.165, 1.54) is 11.1 Å². The number of methoxy groups -OCH3 is 1. The largest absolute Gasteiger partial charge is 0.497 e. The molecule has 0 radical (unpaired) electrons. The second kappa shape index (κ2) is 9.33. The minimum Gasteiger partial charge on any atom is -0.497 e. The Kier molecular flexibility index (Phi) is 6.80. The van der Waals surface area contributed by atoms with E-state index in [2.05, 4.69) is 36.5 Å². The summed E-state index contributed by atoms with van der Waals surface area (Å²) >= 11 is 0. The van der Waals surface area contributed by atoms with E-state index in [0.717, 1.165) is 24.2 Å². The third-order valence-electron chi connectivity index (χ3n) is 6.29. The summed E-state index contributed by atoms with van der Waals surface area (Å²) in [6, 6.07) is 16.2. The summed E-state index contributed by atoms with van der Waals surface area (Å²) in [7, 11) is 3.49. The van der Waals surface area contributed by atoms with Crippen LogP contribution in [0.1, 0.15) is 55.3 Å². The number of hydrogen-bond donors (Lipinski definition) is 1. The monoisotopic (exact) mass is 408 g/mol. The number of benzene rings is 2. The molecule has 30 heavy (non-hydrogen) atoms. The van der Waals surface area contributed by atoms with E-state index < -0.39 is 0 Å². The van der Waals surface area contributed by atoms with E-state index in [0.29, 0.717) is 19.3 Å². The van der Waals surface area contributed by atoms with Gasteiger partial charge in [-0.3, -0.25) is 9.59 Å². The quantitative estimate of drug-likeness (QED) is 0.712. The first-order valence-electron chi connectivity index (χ1n) is 10.6. The summed E-state index contributed by atoms with van der Waals surface area (Å²) < 4.78 is 5.21. The average Bonchev–Trinajstić information content (AvgIpc) is 3.13. The van der Waals surface area contributed by atoms with Crippen molar-refractivity contribution in [3.63, 3.8) is 0 Å². The number of ether oxygens (including phenoxy) is 1. The van der Waals surface area contributed by atoms with Crippen LogP contribution in [0.2, 0.25) is 0 Å². The molecule has 1 aliphatic rings. The Morgan fingerprint density at radius 1 is 1.17 bits per heavy atom. The van der Waals surface area contributed by atoms with Crippen LogP contribution in [0.4, 0.5) is 0 Å². The zero-order chi connectivity index (χ0) is 21.7. The number of hydrogen-bond acceptors (Lipinski definition) is 3. The number of amides is 2. The van der Waals surface area contributed by atoms with Crippen LogP contribution in [-0.4, -0.2) is 36.4 Å². The predicted octanol–water partition coefficient (Wildman–Crippen LogP) is 4.19. The maximum Gasteiger partial charge on any atom is 0.222 e. The highest BCUT2D eigenvalue weighted by molar-refractivity contribution is 5.80. The van der Waals surface area contributed by atoms with E-state index in [1.807, 2.05) is 38.2 Å². The van der Waals surface area contributed by atoms with E-state index in [-0.39, 0.29) is 23.4 Å². The zero-order valence-electron chi connectivity index (χ0n) is 18.4. The van der Waals surface area contributed by atoms with Crippen LogP contribution in [0.3, 0.4) is 0 Å². The third-order valence-corrected chi connectivity index (χ3v) is 6.29. The maximum atomic E-state index is 12.9. The smallest absolute Gasteiger partial charge is 0.222 e. The van der Waals surface area contributed by atoms with Gasteiger partial charge >= 0.3 is 0 Å². The van der Waals surface area contributed by atoms with Crippen molar-refractivity contribution >= 4 is 11.8 Å². The van der Waals surface area contributed by atoms with Crippen LogP contribution < -0.4 is 10.1 Å². The molecule has 2 aromatic carbocycles. The van der Waals surface area contributed by atoms with Crippen LogP contribution in [0.5, 0.6) is 5.75 Å². The average molecular weight is 409 g/mol. The van der Waals surface area contributed by atoms with E-state index >= 15 is 0 Å². The van der Waals surface area contributed by atoms with E-state index in [1.54, 1.807) is 12.0 Å². The molecule has 5 nitrogen and oxygen atoms in total. The van der Waals surface area contributed by atoms with Crippen molar-refractivity contribution in [2.24, 2.45) is 0 Å². The molecule has 1 heterocycles. The van der Waals surface area contributed by atoms with Gasteiger partial charge in [0, 0.05) is 25.4 Å². The Labute approximate surface area is 179 Å². The third kappa shape index (κ3) is 5.21. The van der Waals surface area contributed by atoms with Gasteiger partial charge < -0.3 is 15.0 Å². The number of carbonyl (C=O) groups is 2.